The molecular formula is C6H7FN2O. The van der Waals surface area contributed by atoms with E-state index in [1.165, 1.54) is 6.20 Å². The molecule has 0 radical (unpaired) electrons. The van der Waals surface area contributed by atoms with Crippen molar-refractivity contribution >= 4 is 0 Å². The van der Waals surface area contributed by atoms with E-state index in [1.807, 2.05) is 0 Å². The fraction of sp³-hybridized carbons (Fsp3) is 0.333. The molecular weight excluding hydrogens is 135 g/mol. The van der Waals surface area contributed by atoms with Gasteiger partial charge in [-0.05, 0) is 6.92 Å². The molecule has 0 aliphatic rings. The molecule has 0 aromatic carbocycles. The third-order valence-corrected chi connectivity index (χ3v) is 1.22. The van der Waals surface area contributed by atoms with Crippen LogP contribution in [0.15, 0.2) is 6.20 Å². The minimum absolute atomic E-state index is 0.147. The number of aromatic nitrogens is 2. The van der Waals surface area contributed by atoms with Gasteiger partial charge in [-0.15, -0.1) is 0 Å². The predicted molar refractivity (Wildman–Crippen MR) is 32.6 cm³/mol. The van der Waals surface area contributed by atoms with Crippen LogP contribution in [-0.2, 0) is 6.61 Å². The van der Waals surface area contributed by atoms with Crippen molar-refractivity contribution in [2.24, 2.45) is 0 Å². The predicted octanol–water partition coefficient (Wildman–Crippen LogP) is 0.416. The topological polar surface area (TPSA) is 46.0 Å². The molecule has 0 spiro atoms. The third-order valence-electron chi connectivity index (χ3n) is 1.22. The molecule has 1 aromatic rings. The van der Waals surface area contributed by atoms with E-state index in [1.54, 1.807) is 6.92 Å². The summed E-state index contributed by atoms with van der Waals surface area (Å²) in [6.07, 6.45) is 0.521. The van der Waals surface area contributed by atoms with E-state index < -0.39 is 6.08 Å². The Morgan fingerprint density at radius 1 is 1.70 bits per heavy atom. The summed E-state index contributed by atoms with van der Waals surface area (Å²) in [4.78, 5) is 6.68. The SMILES string of the molecule is Cc1nc(F)ncc1CO. The molecule has 0 saturated heterocycles. The highest BCUT2D eigenvalue weighted by molar-refractivity contribution is 5.12. The van der Waals surface area contributed by atoms with Crippen LogP contribution in [0.3, 0.4) is 0 Å². The molecule has 54 valence electrons. The minimum Gasteiger partial charge on any atom is -0.392 e. The van der Waals surface area contributed by atoms with E-state index in [-0.39, 0.29) is 6.61 Å². The lowest BCUT2D eigenvalue weighted by atomic mass is 10.3. The largest absolute Gasteiger partial charge is 0.392 e. The van der Waals surface area contributed by atoms with Crippen LogP contribution in [-0.4, -0.2) is 15.1 Å². The Kier molecular flexibility index (Phi) is 1.91. The molecule has 1 heterocycles. The fourth-order valence-electron chi connectivity index (χ4n) is 0.619. The number of aliphatic hydroxyl groups excluding tert-OH is 1. The van der Waals surface area contributed by atoms with E-state index in [2.05, 4.69) is 9.97 Å². The summed E-state index contributed by atoms with van der Waals surface area (Å²) in [5, 5.41) is 8.61. The van der Waals surface area contributed by atoms with Crippen LogP contribution in [0.4, 0.5) is 4.39 Å². The normalized spacial score (nSPS) is 9.90. The molecule has 0 aliphatic heterocycles. The Labute approximate surface area is 57.6 Å². The Morgan fingerprint density at radius 3 is 2.90 bits per heavy atom. The van der Waals surface area contributed by atoms with E-state index >= 15 is 0 Å². The summed E-state index contributed by atoms with van der Waals surface area (Å²) in [6, 6.07) is 0. The summed E-state index contributed by atoms with van der Waals surface area (Å²) in [5.41, 5.74) is 1.04. The maximum atomic E-state index is 12.2. The zero-order valence-corrected chi connectivity index (χ0v) is 5.50. The van der Waals surface area contributed by atoms with Crippen LogP contribution < -0.4 is 0 Å². The van der Waals surface area contributed by atoms with E-state index in [4.69, 9.17) is 5.11 Å². The van der Waals surface area contributed by atoms with Crippen molar-refractivity contribution in [3.8, 4) is 0 Å². The second-order valence-corrected chi connectivity index (χ2v) is 1.91. The molecule has 1 aromatic heterocycles. The number of hydrogen-bond acceptors (Lipinski definition) is 3. The first-order valence-corrected chi connectivity index (χ1v) is 2.83. The molecule has 1 rings (SSSR count). The van der Waals surface area contributed by atoms with Crippen LogP contribution in [0.1, 0.15) is 11.3 Å². The molecule has 0 aliphatic carbocycles. The van der Waals surface area contributed by atoms with E-state index in [9.17, 15) is 4.39 Å². The van der Waals surface area contributed by atoms with Crippen LogP contribution in [0.5, 0.6) is 0 Å². The smallest absolute Gasteiger partial charge is 0.308 e. The van der Waals surface area contributed by atoms with Crippen molar-refractivity contribution in [3.05, 3.63) is 23.5 Å². The number of nitrogens with zero attached hydrogens (tertiary/aromatic N) is 2. The van der Waals surface area contributed by atoms with Gasteiger partial charge in [0.15, 0.2) is 0 Å². The van der Waals surface area contributed by atoms with Crippen molar-refractivity contribution < 1.29 is 9.50 Å². The van der Waals surface area contributed by atoms with Crippen molar-refractivity contribution in [2.75, 3.05) is 0 Å². The van der Waals surface area contributed by atoms with Crippen LogP contribution >= 0.6 is 0 Å². The molecule has 0 saturated carbocycles. The summed E-state index contributed by atoms with van der Waals surface area (Å²) in [7, 11) is 0. The molecule has 0 bridgehead atoms. The van der Waals surface area contributed by atoms with Crippen molar-refractivity contribution in [1.29, 1.82) is 0 Å². The zero-order valence-electron chi connectivity index (χ0n) is 5.50. The number of aliphatic hydroxyl groups is 1. The first kappa shape index (κ1) is 7.08. The van der Waals surface area contributed by atoms with Gasteiger partial charge in [-0.25, -0.2) is 9.97 Å². The highest BCUT2D eigenvalue weighted by Gasteiger charge is 1.99. The monoisotopic (exact) mass is 142 g/mol. The van der Waals surface area contributed by atoms with Gasteiger partial charge in [-0.1, -0.05) is 0 Å². The molecule has 4 heteroatoms. The van der Waals surface area contributed by atoms with E-state index in [0.717, 1.165) is 0 Å². The van der Waals surface area contributed by atoms with E-state index in [0.29, 0.717) is 11.3 Å². The second kappa shape index (κ2) is 2.70. The summed E-state index contributed by atoms with van der Waals surface area (Å²) in [5.74, 6) is 0. The quantitative estimate of drug-likeness (QED) is 0.578. The summed E-state index contributed by atoms with van der Waals surface area (Å²) in [6.45, 7) is 1.47. The standard InChI is InChI=1S/C6H7FN2O/c1-4-5(3-10)2-8-6(7)9-4/h2,10H,3H2,1H3. The first-order valence-electron chi connectivity index (χ1n) is 2.83. The highest BCUT2D eigenvalue weighted by Crippen LogP contribution is 2.01. The van der Waals surface area contributed by atoms with Gasteiger partial charge in [-0.3, -0.25) is 0 Å². The Hall–Kier alpha value is -1.03. The van der Waals surface area contributed by atoms with Gasteiger partial charge in [0.2, 0.25) is 0 Å². The first-order chi connectivity index (χ1) is 4.74. The Bertz CT molecular complexity index is 239. The number of hydrogen-bond donors (Lipinski definition) is 1. The number of halogens is 1. The lowest BCUT2D eigenvalue weighted by Gasteiger charge is -1.97. The number of rotatable bonds is 1. The molecule has 0 atom stereocenters. The molecule has 0 unspecified atom stereocenters. The van der Waals surface area contributed by atoms with Crippen LogP contribution in [0.2, 0.25) is 0 Å². The van der Waals surface area contributed by atoms with Crippen molar-refractivity contribution in [3.63, 3.8) is 0 Å². The van der Waals surface area contributed by atoms with Gasteiger partial charge in [-0.2, -0.15) is 4.39 Å². The van der Waals surface area contributed by atoms with Crippen molar-refractivity contribution in [1.82, 2.24) is 9.97 Å². The maximum Gasteiger partial charge on any atom is 0.308 e. The van der Waals surface area contributed by atoms with Gasteiger partial charge >= 0.3 is 6.08 Å². The summed E-state index contributed by atoms with van der Waals surface area (Å²) < 4.78 is 12.2. The van der Waals surface area contributed by atoms with Gasteiger partial charge in [0.1, 0.15) is 0 Å². The lowest BCUT2D eigenvalue weighted by molar-refractivity contribution is 0.279. The average molecular weight is 142 g/mol. The maximum absolute atomic E-state index is 12.2. The zero-order chi connectivity index (χ0) is 7.56. The van der Waals surface area contributed by atoms with Crippen LogP contribution in [0.25, 0.3) is 0 Å². The van der Waals surface area contributed by atoms with Gasteiger partial charge < -0.3 is 5.11 Å². The molecule has 10 heavy (non-hydrogen) atoms. The van der Waals surface area contributed by atoms with Gasteiger partial charge in [0, 0.05) is 17.5 Å². The molecule has 1 N–H and O–H groups in total. The molecule has 0 fully saturated rings. The molecule has 3 nitrogen and oxygen atoms in total. The Balaban J connectivity index is 3.07. The number of aryl methyl sites for hydroxylation is 1. The van der Waals surface area contributed by atoms with Crippen molar-refractivity contribution in [2.45, 2.75) is 13.5 Å². The summed E-state index contributed by atoms with van der Waals surface area (Å²) >= 11 is 0. The lowest BCUT2D eigenvalue weighted by Crippen LogP contribution is -1.97. The van der Waals surface area contributed by atoms with Gasteiger partial charge in [0.25, 0.3) is 0 Å². The van der Waals surface area contributed by atoms with Crippen LogP contribution in [0, 0.1) is 13.0 Å². The Morgan fingerprint density at radius 2 is 2.40 bits per heavy atom. The van der Waals surface area contributed by atoms with Gasteiger partial charge in [0.05, 0.1) is 6.61 Å². The minimum atomic E-state index is -0.755. The average Bonchev–Trinajstić information content (AvgIpc) is 1.88. The third kappa shape index (κ3) is 1.27. The fourth-order valence-corrected chi connectivity index (χ4v) is 0.619. The molecule has 0 amide bonds. The second-order valence-electron chi connectivity index (χ2n) is 1.91. The highest BCUT2D eigenvalue weighted by atomic mass is 19.1.